The maximum absolute atomic E-state index is 5.51. The van der Waals surface area contributed by atoms with Crippen LogP contribution in [0.15, 0.2) is 10.9 Å². The van der Waals surface area contributed by atoms with E-state index in [-0.39, 0.29) is 0 Å². The quantitative estimate of drug-likeness (QED) is 0.675. The molecular formula is C6H8N6O. The fraction of sp³-hybridized carbons (Fsp3) is 0.333. The average Bonchev–Trinajstić information content (AvgIpc) is 2.71. The van der Waals surface area contributed by atoms with Gasteiger partial charge in [0.1, 0.15) is 6.54 Å². The van der Waals surface area contributed by atoms with E-state index in [1.165, 1.54) is 6.33 Å². The van der Waals surface area contributed by atoms with Gasteiger partial charge >= 0.3 is 0 Å². The highest BCUT2D eigenvalue weighted by molar-refractivity contribution is 5.31. The highest BCUT2D eigenvalue weighted by Gasteiger charge is 2.07. The minimum atomic E-state index is 0.399. The number of hydrogen-bond acceptors (Lipinski definition) is 6. The van der Waals surface area contributed by atoms with Crippen LogP contribution in [0.3, 0.4) is 0 Å². The first-order valence-electron chi connectivity index (χ1n) is 3.68. The topological polar surface area (TPSA) is 95.7 Å². The van der Waals surface area contributed by atoms with E-state index in [9.17, 15) is 0 Å². The Labute approximate surface area is 73.5 Å². The summed E-state index contributed by atoms with van der Waals surface area (Å²) in [7, 11) is 0. The molecule has 7 heteroatoms. The molecule has 0 bridgehead atoms. The Morgan fingerprint density at radius 2 is 2.46 bits per heavy atom. The number of nitrogen functional groups attached to an aromatic ring is 1. The Kier molecular flexibility index (Phi) is 1.69. The molecule has 0 spiro atoms. The lowest BCUT2D eigenvalue weighted by Gasteiger charge is -1.96. The first-order chi connectivity index (χ1) is 6.27. The lowest BCUT2D eigenvalue weighted by molar-refractivity contribution is 0.362. The van der Waals surface area contributed by atoms with Gasteiger partial charge in [0.15, 0.2) is 12.1 Å². The van der Waals surface area contributed by atoms with Gasteiger partial charge in [-0.25, -0.2) is 4.68 Å². The van der Waals surface area contributed by atoms with Gasteiger partial charge in [-0.3, -0.25) is 0 Å². The molecule has 2 rings (SSSR count). The van der Waals surface area contributed by atoms with Crippen molar-refractivity contribution in [3.8, 4) is 0 Å². The fourth-order valence-corrected chi connectivity index (χ4v) is 0.918. The van der Waals surface area contributed by atoms with E-state index >= 15 is 0 Å². The molecule has 68 valence electrons. The summed E-state index contributed by atoms with van der Waals surface area (Å²) in [5.74, 6) is 0.896. The van der Waals surface area contributed by atoms with Gasteiger partial charge in [0.25, 0.3) is 0 Å². The zero-order chi connectivity index (χ0) is 9.26. The fourth-order valence-electron chi connectivity index (χ4n) is 0.918. The number of nitrogens with zero attached hydrogens (tertiary/aromatic N) is 5. The zero-order valence-electron chi connectivity index (χ0n) is 7.01. The molecular weight excluding hydrogens is 172 g/mol. The van der Waals surface area contributed by atoms with Crippen LogP contribution in [-0.4, -0.2) is 25.1 Å². The molecule has 0 aliphatic heterocycles. The van der Waals surface area contributed by atoms with Crippen LogP contribution in [-0.2, 0) is 6.54 Å². The van der Waals surface area contributed by atoms with Crippen molar-refractivity contribution in [1.29, 1.82) is 0 Å². The predicted octanol–water partition coefficient (Wildman–Crippen LogP) is -0.400. The largest absolute Gasteiger partial charge is 0.381 e. The summed E-state index contributed by atoms with van der Waals surface area (Å²) in [6, 6.07) is 0. The van der Waals surface area contributed by atoms with E-state index in [0.717, 1.165) is 5.69 Å². The van der Waals surface area contributed by atoms with Gasteiger partial charge in [-0.1, -0.05) is 10.4 Å². The predicted molar refractivity (Wildman–Crippen MR) is 42.6 cm³/mol. The second-order valence-corrected chi connectivity index (χ2v) is 2.55. The third kappa shape index (κ3) is 1.35. The minimum absolute atomic E-state index is 0.399. The molecule has 2 heterocycles. The first-order valence-corrected chi connectivity index (χ1v) is 3.68. The van der Waals surface area contributed by atoms with Crippen LogP contribution in [0.1, 0.15) is 11.6 Å². The van der Waals surface area contributed by atoms with E-state index in [1.54, 1.807) is 4.68 Å². The summed E-state index contributed by atoms with van der Waals surface area (Å²) in [6.07, 6.45) is 1.34. The van der Waals surface area contributed by atoms with Crippen molar-refractivity contribution < 1.29 is 4.52 Å². The molecule has 0 radical (unpaired) electrons. The van der Waals surface area contributed by atoms with Crippen molar-refractivity contribution in [3.63, 3.8) is 0 Å². The molecule has 0 aliphatic rings. The Balaban J connectivity index is 2.24. The van der Waals surface area contributed by atoms with Crippen molar-refractivity contribution in [2.24, 2.45) is 0 Å². The number of hydrogen-bond donors (Lipinski definition) is 1. The molecule has 2 N–H and O–H groups in total. The SMILES string of the molecule is Cc1c(N)nnn1Cc1ncno1. The average molecular weight is 180 g/mol. The normalized spacial score (nSPS) is 10.5. The van der Waals surface area contributed by atoms with Gasteiger partial charge in [0.05, 0.1) is 5.69 Å². The lowest BCUT2D eigenvalue weighted by atomic mass is 10.5. The molecule has 0 saturated carbocycles. The maximum Gasteiger partial charge on any atom is 0.248 e. The zero-order valence-corrected chi connectivity index (χ0v) is 7.01. The van der Waals surface area contributed by atoms with Crippen LogP contribution in [0, 0.1) is 6.92 Å². The number of nitrogens with two attached hydrogens (primary N) is 1. The molecule has 0 atom stereocenters. The van der Waals surface area contributed by atoms with Gasteiger partial charge < -0.3 is 10.3 Å². The standard InChI is InChI=1S/C6H8N6O/c1-4-6(7)10-11-12(4)2-5-8-3-9-13-5/h3H,2,7H2,1H3. The second kappa shape index (κ2) is 2.85. The van der Waals surface area contributed by atoms with Crippen LogP contribution in [0.4, 0.5) is 5.82 Å². The molecule has 0 unspecified atom stereocenters. The summed E-state index contributed by atoms with van der Waals surface area (Å²) in [5.41, 5.74) is 6.30. The molecule has 0 aromatic carbocycles. The first kappa shape index (κ1) is 7.71. The number of rotatable bonds is 2. The van der Waals surface area contributed by atoms with Crippen molar-refractivity contribution in [2.75, 3.05) is 5.73 Å². The Hall–Kier alpha value is -1.92. The Morgan fingerprint density at radius 1 is 1.62 bits per heavy atom. The van der Waals surface area contributed by atoms with Gasteiger partial charge in [-0.2, -0.15) is 4.98 Å². The molecule has 2 aromatic rings. The smallest absolute Gasteiger partial charge is 0.248 e. The summed E-state index contributed by atoms with van der Waals surface area (Å²) in [5, 5.41) is 11.0. The molecule has 7 nitrogen and oxygen atoms in total. The van der Waals surface area contributed by atoms with E-state index in [1.807, 2.05) is 6.92 Å². The summed E-state index contributed by atoms with van der Waals surface area (Å²) < 4.78 is 6.41. The van der Waals surface area contributed by atoms with Gasteiger partial charge in [0.2, 0.25) is 5.89 Å². The highest BCUT2D eigenvalue weighted by atomic mass is 16.5. The van der Waals surface area contributed by atoms with Crippen LogP contribution in [0.5, 0.6) is 0 Å². The van der Waals surface area contributed by atoms with Crippen LogP contribution in [0.2, 0.25) is 0 Å². The maximum atomic E-state index is 5.51. The Bertz CT molecular complexity index is 391. The van der Waals surface area contributed by atoms with E-state index in [4.69, 9.17) is 10.3 Å². The summed E-state index contributed by atoms with van der Waals surface area (Å²) in [6.45, 7) is 2.22. The summed E-state index contributed by atoms with van der Waals surface area (Å²) >= 11 is 0. The number of aromatic nitrogens is 5. The monoisotopic (exact) mass is 180 g/mol. The molecule has 13 heavy (non-hydrogen) atoms. The van der Waals surface area contributed by atoms with Crippen LogP contribution in [0.25, 0.3) is 0 Å². The van der Waals surface area contributed by atoms with Crippen molar-refractivity contribution in [1.82, 2.24) is 25.1 Å². The van der Waals surface area contributed by atoms with E-state index in [0.29, 0.717) is 18.3 Å². The highest BCUT2D eigenvalue weighted by Crippen LogP contribution is 2.06. The van der Waals surface area contributed by atoms with Crippen molar-refractivity contribution in [3.05, 3.63) is 17.9 Å². The van der Waals surface area contributed by atoms with E-state index in [2.05, 4.69) is 20.5 Å². The van der Waals surface area contributed by atoms with Crippen LogP contribution < -0.4 is 5.73 Å². The number of anilines is 1. The molecule has 0 fully saturated rings. The van der Waals surface area contributed by atoms with E-state index < -0.39 is 0 Å². The van der Waals surface area contributed by atoms with Gasteiger partial charge in [-0.05, 0) is 6.92 Å². The summed E-state index contributed by atoms with van der Waals surface area (Å²) in [4.78, 5) is 3.85. The van der Waals surface area contributed by atoms with Crippen LogP contribution >= 0.6 is 0 Å². The van der Waals surface area contributed by atoms with Crippen molar-refractivity contribution >= 4 is 5.82 Å². The third-order valence-corrected chi connectivity index (χ3v) is 1.71. The van der Waals surface area contributed by atoms with Gasteiger partial charge in [0, 0.05) is 0 Å². The van der Waals surface area contributed by atoms with Crippen molar-refractivity contribution in [2.45, 2.75) is 13.5 Å². The van der Waals surface area contributed by atoms with Gasteiger partial charge in [-0.15, -0.1) is 5.10 Å². The lowest BCUT2D eigenvalue weighted by Crippen LogP contribution is -2.04. The molecule has 0 amide bonds. The molecule has 0 aliphatic carbocycles. The molecule has 2 aromatic heterocycles. The Morgan fingerprint density at radius 3 is 3.00 bits per heavy atom. The second-order valence-electron chi connectivity index (χ2n) is 2.55. The minimum Gasteiger partial charge on any atom is -0.381 e. The third-order valence-electron chi connectivity index (χ3n) is 1.71. The molecule has 0 saturated heterocycles.